The van der Waals surface area contributed by atoms with E-state index in [4.69, 9.17) is 14.2 Å². The molecule has 0 spiro atoms. The Morgan fingerprint density at radius 2 is 2.05 bits per heavy atom. The van der Waals surface area contributed by atoms with Crippen molar-refractivity contribution in [3.63, 3.8) is 0 Å². The van der Waals surface area contributed by atoms with Crippen LogP contribution in [0.4, 0.5) is 5.95 Å². The predicted octanol–water partition coefficient (Wildman–Crippen LogP) is -0.216. The van der Waals surface area contributed by atoms with E-state index in [-0.39, 0.29) is 12.6 Å². The fourth-order valence-electron chi connectivity index (χ4n) is 1.78. The number of rotatable bonds is 4. The van der Waals surface area contributed by atoms with E-state index in [1.54, 1.807) is 4.90 Å². The Morgan fingerprint density at radius 1 is 1.42 bits per heavy atom. The zero-order valence-electron chi connectivity index (χ0n) is 10.7. The Labute approximate surface area is 109 Å². The third kappa shape index (κ3) is 2.84. The van der Waals surface area contributed by atoms with Gasteiger partial charge in [0.1, 0.15) is 0 Å². The number of aromatic nitrogens is 2. The van der Waals surface area contributed by atoms with Gasteiger partial charge in [0.25, 0.3) is 0 Å². The van der Waals surface area contributed by atoms with Crippen molar-refractivity contribution < 1.29 is 24.1 Å². The van der Waals surface area contributed by atoms with Crippen molar-refractivity contribution in [3.8, 4) is 11.8 Å². The molecule has 19 heavy (non-hydrogen) atoms. The second-order valence-corrected chi connectivity index (χ2v) is 3.88. The molecule has 0 bridgehead atoms. The SMILES string of the molecule is COc1cc(OC)nc(N2CCOCC2C(=O)O)n1. The van der Waals surface area contributed by atoms with Gasteiger partial charge in [0.2, 0.25) is 17.7 Å². The molecule has 1 aliphatic heterocycles. The molecule has 0 aromatic carbocycles. The number of hydrogen-bond donors (Lipinski definition) is 1. The predicted molar refractivity (Wildman–Crippen MR) is 64.7 cm³/mol. The van der Waals surface area contributed by atoms with Crippen LogP contribution in [0.1, 0.15) is 0 Å². The normalized spacial score (nSPS) is 19.1. The second-order valence-electron chi connectivity index (χ2n) is 3.88. The molecule has 1 aromatic heterocycles. The molecule has 1 saturated heterocycles. The van der Waals surface area contributed by atoms with E-state index >= 15 is 0 Å². The maximum atomic E-state index is 11.2. The van der Waals surface area contributed by atoms with Crippen LogP contribution in [0.15, 0.2) is 6.07 Å². The van der Waals surface area contributed by atoms with Crippen LogP contribution in [0.5, 0.6) is 11.8 Å². The van der Waals surface area contributed by atoms with Crippen LogP contribution >= 0.6 is 0 Å². The summed E-state index contributed by atoms with van der Waals surface area (Å²) in [5.41, 5.74) is 0. The quantitative estimate of drug-likeness (QED) is 0.802. The van der Waals surface area contributed by atoms with Gasteiger partial charge in [0, 0.05) is 6.54 Å². The molecule has 1 aromatic rings. The van der Waals surface area contributed by atoms with Gasteiger partial charge in [-0.2, -0.15) is 9.97 Å². The number of carboxylic acid groups (broad SMARTS) is 1. The van der Waals surface area contributed by atoms with E-state index in [0.717, 1.165) is 0 Å². The summed E-state index contributed by atoms with van der Waals surface area (Å²) in [6.07, 6.45) is 0. The number of morpholine rings is 1. The van der Waals surface area contributed by atoms with Crippen LogP contribution < -0.4 is 14.4 Å². The molecule has 1 aliphatic rings. The lowest BCUT2D eigenvalue weighted by Gasteiger charge is -2.32. The van der Waals surface area contributed by atoms with Gasteiger partial charge >= 0.3 is 5.97 Å². The molecular weight excluding hydrogens is 254 g/mol. The maximum absolute atomic E-state index is 11.2. The summed E-state index contributed by atoms with van der Waals surface area (Å²) in [5, 5.41) is 9.18. The Balaban J connectivity index is 2.35. The highest BCUT2D eigenvalue weighted by Crippen LogP contribution is 2.22. The molecule has 104 valence electrons. The number of aliphatic carboxylic acids is 1. The fourth-order valence-corrected chi connectivity index (χ4v) is 1.78. The first kappa shape index (κ1) is 13.3. The highest BCUT2D eigenvalue weighted by molar-refractivity contribution is 5.77. The van der Waals surface area contributed by atoms with Gasteiger partial charge in [-0.25, -0.2) is 4.79 Å². The molecule has 1 unspecified atom stereocenters. The van der Waals surface area contributed by atoms with Crippen molar-refractivity contribution in [2.45, 2.75) is 6.04 Å². The van der Waals surface area contributed by atoms with Gasteiger partial charge in [-0.05, 0) is 0 Å². The Bertz CT molecular complexity index is 445. The number of nitrogens with zero attached hydrogens (tertiary/aromatic N) is 3. The molecule has 0 saturated carbocycles. The van der Waals surface area contributed by atoms with Crippen LogP contribution in [-0.4, -0.2) is 61.1 Å². The topological polar surface area (TPSA) is 94.0 Å². The summed E-state index contributed by atoms with van der Waals surface area (Å²) in [7, 11) is 2.94. The number of hydrogen-bond acceptors (Lipinski definition) is 7. The lowest BCUT2D eigenvalue weighted by molar-refractivity contribution is -0.141. The Morgan fingerprint density at radius 3 is 2.58 bits per heavy atom. The molecule has 0 radical (unpaired) electrons. The summed E-state index contributed by atoms with van der Waals surface area (Å²) < 4.78 is 15.3. The molecule has 8 nitrogen and oxygen atoms in total. The van der Waals surface area contributed by atoms with Crippen molar-refractivity contribution in [1.82, 2.24) is 9.97 Å². The van der Waals surface area contributed by atoms with Gasteiger partial charge in [-0.3, -0.25) is 0 Å². The second kappa shape index (κ2) is 5.70. The lowest BCUT2D eigenvalue weighted by atomic mass is 10.2. The summed E-state index contributed by atoms with van der Waals surface area (Å²) >= 11 is 0. The van der Waals surface area contributed by atoms with E-state index < -0.39 is 12.0 Å². The number of carboxylic acids is 1. The average molecular weight is 269 g/mol. The Kier molecular flexibility index (Phi) is 4.00. The fraction of sp³-hybridized carbons (Fsp3) is 0.545. The van der Waals surface area contributed by atoms with Gasteiger partial charge in [0.15, 0.2) is 6.04 Å². The molecule has 2 heterocycles. The van der Waals surface area contributed by atoms with Crippen LogP contribution in [0, 0.1) is 0 Å². The van der Waals surface area contributed by atoms with Gasteiger partial charge in [0.05, 0.1) is 33.5 Å². The smallest absolute Gasteiger partial charge is 0.328 e. The molecule has 2 rings (SSSR count). The summed E-state index contributed by atoms with van der Waals surface area (Å²) in [6.45, 7) is 0.915. The van der Waals surface area contributed by atoms with Gasteiger partial charge in [-0.15, -0.1) is 0 Å². The molecule has 0 amide bonds. The molecule has 1 N–H and O–H groups in total. The number of anilines is 1. The van der Waals surface area contributed by atoms with E-state index in [1.165, 1.54) is 20.3 Å². The number of methoxy groups -OCH3 is 2. The molecule has 1 atom stereocenters. The monoisotopic (exact) mass is 269 g/mol. The molecule has 8 heteroatoms. The first-order valence-electron chi connectivity index (χ1n) is 5.70. The first-order valence-corrected chi connectivity index (χ1v) is 5.70. The largest absolute Gasteiger partial charge is 0.481 e. The van der Waals surface area contributed by atoms with Crippen molar-refractivity contribution in [1.29, 1.82) is 0 Å². The van der Waals surface area contributed by atoms with Crippen LogP contribution in [0.3, 0.4) is 0 Å². The minimum atomic E-state index is -0.981. The van der Waals surface area contributed by atoms with Crippen molar-refractivity contribution in [2.75, 3.05) is 38.9 Å². The lowest BCUT2D eigenvalue weighted by Crippen LogP contribution is -2.50. The maximum Gasteiger partial charge on any atom is 0.328 e. The minimum absolute atomic E-state index is 0.0955. The average Bonchev–Trinajstić information content (AvgIpc) is 2.46. The Hall–Kier alpha value is -2.09. The zero-order valence-corrected chi connectivity index (χ0v) is 10.7. The van der Waals surface area contributed by atoms with E-state index in [2.05, 4.69) is 9.97 Å². The van der Waals surface area contributed by atoms with Crippen LogP contribution in [-0.2, 0) is 9.53 Å². The summed E-state index contributed by atoms with van der Waals surface area (Å²) in [6, 6.07) is 0.713. The molecule has 1 fully saturated rings. The number of ether oxygens (including phenoxy) is 3. The third-order valence-corrected chi connectivity index (χ3v) is 2.76. The van der Waals surface area contributed by atoms with E-state index in [9.17, 15) is 9.90 Å². The van der Waals surface area contributed by atoms with Crippen LogP contribution in [0.2, 0.25) is 0 Å². The highest BCUT2D eigenvalue weighted by atomic mass is 16.5. The summed E-state index contributed by atoms with van der Waals surface area (Å²) in [5.74, 6) is -0.0908. The minimum Gasteiger partial charge on any atom is -0.481 e. The third-order valence-electron chi connectivity index (χ3n) is 2.76. The highest BCUT2D eigenvalue weighted by Gasteiger charge is 2.31. The zero-order chi connectivity index (χ0) is 13.8. The van der Waals surface area contributed by atoms with Crippen LogP contribution in [0.25, 0.3) is 0 Å². The summed E-state index contributed by atoms with van der Waals surface area (Å²) in [4.78, 5) is 21.1. The van der Waals surface area contributed by atoms with Gasteiger partial charge < -0.3 is 24.2 Å². The van der Waals surface area contributed by atoms with Crippen molar-refractivity contribution in [3.05, 3.63) is 6.07 Å². The van der Waals surface area contributed by atoms with E-state index in [1.807, 2.05) is 0 Å². The number of carbonyl (C=O) groups is 1. The van der Waals surface area contributed by atoms with Crippen molar-refractivity contribution in [2.24, 2.45) is 0 Å². The molecular formula is C11H15N3O5. The van der Waals surface area contributed by atoms with Gasteiger partial charge in [-0.1, -0.05) is 0 Å². The first-order chi connectivity index (χ1) is 9.15. The van der Waals surface area contributed by atoms with Crippen molar-refractivity contribution >= 4 is 11.9 Å². The standard InChI is InChI=1S/C11H15N3O5/c1-17-8-5-9(18-2)13-11(12-8)14-3-4-19-6-7(14)10(15)16/h5,7H,3-4,6H2,1-2H3,(H,15,16). The van der Waals surface area contributed by atoms with E-state index in [0.29, 0.717) is 24.9 Å². The molecule has 0 aliphatic carbocycles.